The van der Waals surface area contributed by atoms with Crippen molar-refractivity contribution in [2.24, 2.45) is 0 Å². The highest BCUT2D eigenvalue weighted by molar-refractivity contribution is 9.10. The molecule has 0 aliphatic rings. The molecule has 0 saturated carbocycles. The normalized spacial score (nSPS) is 11.3. The summed E-state index contributed by atoms with van der Waals surface area (Å²) in [6, 6.07) is 7.10. The molecule has 0 fully saturated rings. The van der Waals surface area contributed by atoms with Crippen molar-refractivity contribution >= 4 is 31.6 Å². The van der Waals surface area contributed by atoms with Crippen molar-refractivity contribution in [1.29, 1.82) is 0 Å². The molecule has 0 aromatic heterocycles. The molecule has 6 heteroatoms. The zero-order valence-electron chi connectivity index (χ0n) is 8.33. The molecule has 0 radical (unpaired) electrons. The van der Waals surface area contributed by atoms with Crippen LogP contribution in [0.5, 0.6) is 0 Å². The van der Waals surface area contributed by atoms with Crippen LogP contribution in [0.15, 0.2) is 28.7 Å². The van der Waals surface area contributed by atoms with Crippen molar-refractivity contribution in [3.63, 3.8) is 0 Å². The van der Waals surface area contributed by atoms with E-state index in [0.29, 0.717) is 12.2 Å². The van der Waals surface area contributed by atoms with Crippen LogP contribution in [0, 0.1) is 0 Å². The minimum atomic E-state index is -3.26. The quantitative estimate of drug-likeness (QED) is 0.863. The molecule has 0 atom stereocenters. The molecular formula is C9H13BrN2O2S. The van der Waals surface area contributed by atoms with Crippen LogP contribution in [-0.4, -0.2) is 27.8 Å². The number of rotatable bonds is 5. The molecule has 1 rings (SSSR count). The van der Waals surface area contributed by atoms with Crippen LogP contribution in [0.25, 0.3) is 0 Å². The van der Waals surface area contributed by atoms with E-state index in [1.54, 1.807) is 25.2 Å². The molecule has 0 unspecified atom stereocenters. The molecule has 15 heavy (non-hydrogen) atoms. The van der Waals surface area contributed by atoms with E-state index < -0.39 is 10.0 Å². The Hall–Kier alpha value is -0.590. The van der Waals surface area contributed by atoms with Crippen LogP contribution in [0.3, 0.4) is 0 Å². The van der Waals surface area contributed by atoms with Crippen LogP contribution >= 0.6 is 15.9 Å². The Kier molecular flexibility index (Phi) is 4.56. The van der Waals surface area contributed by atoms with Gasteiger partial charge in [0.05, 0.1) is 11.4 Å². The number of benzene rings is 1. The molecule has 0 amide bonds. The number of para-hydroxylation sites is 1. The fourth-order valence-corrected chi connectivity index (χ4v) is 2.60. The predicted octanol–water partition coefficient (Wildman–Crippen LogP) is 1.41. The average molecular weight is 293 g/mol. The third-order valence-corrected chi connectivity index (χ3v) is 3.72. The van der Waals surface area contributed by atoms with E-state index in [9.17, 15) is 8.42 Å². The van der Waals surface area contributed by atoms with Crippen LogP contribution in [-0.2, 0) is 10.0 Å². The number of nitrogens with one attached hydrogen (secondary N) is 2. The van der Waals surface area contributed by atoms with Gasteiger partial charge in [-0.2, -0.15) is 0 Å². The summed E-state index contributed by atoms with van der Waals surface area (Å²) < 4.78 is 26.3. The summed E-state index contributed by atoms with van der Waals surface area (Å²) in [5.74, 6) is 0.0604. The highest BCUT2D eigenvalue weighted by Crippen LogP contribution is 2.22. The number of hydrogen-bond acceptors (Lipinski definition) is 3. The Morgan fingerprint density at radius 2 is 2.00 bits per heavy atom. The van der Waals surface area contributed by atoms with E-state index in [4.69, 9.17) is 0 Å². The van der Waals surface area contributed by atoms with Gasteiger partial charge in [-0.3, -0.25) is 4.72 Å². The van der Waals surface area contributed by atoms with Gasteiger partial charge in [0, 0.05) is 11.0 Å². The Labute approximate surface area is 98.3 Å². The monoisotopic (exact) mass is 292 g/mol. The maximum atomic E-state index is 11.5. The van der Waals surface area contributed by atoms with Crippen molar-refractivity contribution in [2.45, 2.75) is 0 Å². The van der Waals surface area contributed by atoms with Crippen molar-refractivity contribution < 1.29 is 8.42 Å². The molecule has 0 heterocycles. The fraction of sp³-hybridized carbons (Fsp3) is 0.333. The average Bonchev–Trinajstić information content (AvgIpc) is 2.18. The summed E-state index contributed by atoms with van der Waals surface area (Å²) in [5, 5.41) is 2.79. The maximum absolute atomic E-state index is 11.5. The maximum Gasteiger partial charge on any atom is 0.234 e. The molecule has 2 N–H and O–H groups in total. The van der Waals surface area contributed by atoms with E-state index in [2.05, 4.69) is 26.0 Å². The Morgan fingerprint density at radius 3 is 2.60 bits per heavy atom. The zero-order chi connectivity index (χ0) is 11.3. The van der Waals surface area contributed by atoms with Gasteiger partial charge in [0.15, 0.2) is 0 Å². The number of halogens is 1. The lowest BCUT2D eigenvalue weighted by atomic mass is 10.3. The second kappa shape index (κ2) is 5.48. The van der Waals surface area contributed by atoms with Crippen molar-refractivity contribution in [1.82, 2.24) is 5.32 Å². The van der Waals surface area contributed by atoms with Crippen molar-refractivity contribution in [2.75, 3.05) is 24.1 Å². The number of sulfonamides is 1. The first-order chi connectivity index (χ1) is 7.05. The van der Waals surface area contributed by atoms with Gasteiger partial charge in [-0.15, -0.1) is 0 Å². The van der Waals surface area contributed by atoms with E-state index in [0.717, 1.165) is 4.47 Å². The third kappa shape index (κ3) is 4.19. The van der Waals surface area contributed by atoms with E-state index in [1.165, 1.54) is 0 Å². The van der Waals surface area contributed by atoms with Gasteiger partial charge in [0.2, 0.25) is 10.0 Å². The molecule has 4 nitrogen and oxygen atoms in total. The first-order valence-electron chi connectivity index (χ1n) is 4.45. The summed E-state index contributed by atoms with van der Waals surface area (Å²) in [6.07, 6.45) is 0. The molecule has 0 aliphatic heterocycles. The first-order valence-corrected chi connectivity index (χ1v) is 6.89. The van der Waals surface area contributed by atoms with E-state index >= 15 is 0 Å². The predicted molar refractivity (Wildman–Crippen MR) is 65.5 cm³/mol. The molecule has 0 spiro atoms. The van der Waals surface area contributed by atoms with Crippen LogP contribution < -0.4 is 10.0 Å². The molecule has 0 aliphatic carbocycles. The highest BCUT2D eigenvalue weighted by atomic mass is 79.9. The van der Waals surface area contributed by atoms with Crippen LogP contribution in [0.4, 0.5) is 5.69 Å². The molecule has 1 aromatic carbocycles. The molecular weight excluding hydrogens is 280 g/mol. The number of anilines is 1. The van der Waals surface area contributed by atoms with Gasteiger partial charge in [0.1, 0.15) is 0 Å². The lowest BCUT2D eigenvalue weighted by Crippen LogP contribution is -2.24. The fourth-order valence-electron chi connectivity index (χ4n) is 0.999. The first kappa shape index (κ1) is 12.5. The van der Waals surface area contributed by atoms with Gasteiger partial charge in [-0.25, -0.2) is 8.42 Å². The summed E-state index contributed by atoms with van der Waals surface area (Å²) >= 11 is 3.27. The lowest BCUT2D eigenvalue weighted by molar-refractivity contribution is 0.598. The summed E-state index contributed by atoms with van der Waals surface area (Å²) in [4.78, 5) is 0. The summed E-state index contributed by atoms with van der Waals surface area (Å²) in [6.45, 7) is 0.430. The third-order valence-electron chi connectivity index (χ3n) is 1.76. The van der Waals surface area contributed by atoms with Gasteiger partial charge in [0.25, 0.3) is 0 Å². The van der Waals surface area contributed by atoms with Gasteiger partial charge >= 0.3 is 0 Å². The Bertz CT molecular complexity index is 420. The van der Waals surface area contributed by atoms with Crippen LogP contribution in [0.1, 0.15) is 0 Å². The lowest BCUT2D eigenvalue weighted by Gasteiger charge is -2.08. The molecule has 84 valence electrons. The second-order valence-electron chi connectivity index (χ2n) is 3.00. The standard InChI is InChI=1S/C9H13BrN2O2S/c1-11-6-7-15(13,14)12-9-5-3-2-4-8(9)10/h2-5,11-12H,6-7H2,1H3. The Balaban J connectivity index is 2.74. The zero-order valence-corrected chi connectivity index (χ0v) is 10.7. The minimum Gasteiger partial charge on any atom is -0.319 e. The largest absolute Gasteiger partial charge is 0.319 e. The second-order valence-corrected chi connectivity index (χ2v) is 5.70. The highest BCUT2D eigenvalue weighted by Gasteiger charge is 2.10. The van der Waals surface area contributed by atoms with Crippen LogP contribution in [0.2, 0.25) is 0 Å². The van der Waals surface area contributed by atoms with E-state index in [1.807, 2.05) is 6.07 Å². The summed E-state index contributed by atoms with van der Waals surface area (Å²) in [7, 11) is -1.55. The topological polar surface area (TPSA) is 58.2 Å². The molecule has 0 bridgehead atoms. The smallest absolute Gasteiger partial charge is 0.234 e. The van der Waals surface area contributed by atoms with Gasteiger partial charge < -0.3 is 5.32 Å². The molecule has 1 aromatic rings. The van der Waals surface area contributed by atoms with Crippen molar-refractivity contribution in [3.05, 3.63) is 28.7 Å². The number of hydrogen-bond donors (Lipinski definition) is 2. The molecule has 0 saturated heterocycles. The van der Waals surface area contributed by atoms with Gasteiger partial charge in [-0.1, -0.05) is 12.1 Å². The van der Waals surface area contributed by atoms with Crippen molar-refractivity contribution in [3.8, 4) is 0 Å². The van der Waals surface area contributed by atoms with Gasteiger partial charge in [-0.05, 0) is 35.1 Å². The summed E-state index contributed by atoms with van der Waals surface area (Å²) in [5.41, 5.74) is 0.564. The minimum absolute atomic E-state index is 0.0604. The SMILES string of the molecule is CNCCS(=O)(=O)Nc1ccccc1Br. The van der Waals surface area contributed by atoms with E-state index in [-0.39, 0.29) is 5.75 Å². The Morgan fingerprint density at radius 1 is 1.33 bits per heavy atom.